The van der Waals surface area contributed by atoms with Crippen LogP contribution in [0, 0.1) is 5.92 Å². The number of likely N-dealkylation sites (tertiary alicyclic amines) is 1. The van der Waals surface area contributed by atoms with E-state index in [0.29, 0.717) is 11.8 Å². The Kier molecular flexibility index (Phi) is 3.06. The normalized spacial score (nSPS) is 29.5. The summed E-state index contributed by atoms with van der Waals surface area (Å²) in [6.07, 6.45) is 6.96. The standard InChI is InChI=1S/C11H20N2O/c12-10-6-7-13(8-10)11(14)9-4-2-1-3-5-9/h9-10H,1-8,12H2. The molecule has 14 heavy (non-hydrogen) atoms. The zero-order chi connectivity index (χ0) is 9.97. The summed E-state index contributed by atoms with van der Waals surface area (Å²) in [5.41, 5.74) is 5.80. The third-order valence-electron chi connectivity index (χ3n) is 3.49. The highest BCUT2D eigenvalue weighted by Gasteiger charge is 2.29. The Morgan fingerprint density at radius 1 is 1.14 bits per heavy atom. The van der Waals surface area contributed by atoms with E-state index in [2.05, 4.69) is 0 Å². The number of carbonyl (C=O) groups is 1. The van der Waals surface area contributed by atoms with Gasteiger partial charge in [-0.05, 0) is 19.3 Å². The van der Waals surface area contributed by atoms with E-state index < -0.39 is 0 Å². The Morgan fingerprint density at radius 2 is 1.86 bits per heavy atom. The molecule has 1 aliphatic heterocycles. The van der Waals surface area contributed by atoms with E-state index in [1.165, 1.54) is 19.3 Å². The van der Waals surface area contributed by atoms with Gasteiger partial charge in [-0.3, -0.25) is 4.79 Å². The minimum absolute atomic E-state index is 0.225. The van der Waals surface area contributed by atoms with Gasteiger partial charge in [-0.15, -0.1) is 0 Å². The van der Waals surface area contributed by atoms with Gasteiger partial charge in [0.25, 0.3) is 0 Å². The molecule has 80 valence electrons. The molecule has 2 fully saturated rings. The molecule has 0 bridgehead atoms. The summed E-state index contributed by atoms with van der Waals surface area (Å²) in [6.45, 7) is 1.67. The minimum Gasteiger partial charge on any atom is -0.341 e. The number of nitrogens with two attached hydrogens (primary N) is 1. The topological polar surface area (TPSA) is 46.3 Å². The molecule has 1 saturated carbocycles. The highest BCUT2D eigenvalue weighted by Crippen LogP contribution is 2.26. The predicted octanol–water partition coefficient (Wildman–Crippen LogP) is 1.13. The lowest BCUT2D eigenvalue weighted by Crippen LogP contribution is -2.37. The molecule has 1 aliphatic carbocycles. The van der Waals surface area contributed by atoms with Crippen molar-refractivity contribution in [1.82, 2.24) is 4.90 Å². The lowest BCUT2D eigenvalue weighted by molar-refractivity contribution is -0.135. The van der Waals surface area contributed by atoms with Crippen LogP contribution >= 0.6 is 0 Å². The first-order chi connectivity index (χ1) is 6.77. The van der Waals surface area contributed by atoms with Crippen LogP contribution in [0.4, 0.5) is 0 Å². The zero-order valence-electron chi connectivity index (χ0n) is 8.74. The van der Waals surface area contributed by atoms with Crippen LogP contribution in [0.3, 0.4) is 0 Å². The SMILES string of the molecule is NC1CCN(C(=O)C2CCCCC2)C1. The van der Waals surface area contributed by atoms with E-state index in [-0.39, 0.29) is 6.04 Å². The molecule has 3 nitrogen and oxygen atoms in total. The summed E-state index contributed by atoms with van der Waals surface area (Å²) >= 11 is 0. The van der Waals surface area contributed by atoms with Crippen molar-refractivity contribution < 1.29 is 4.79 Å². The molecular formula is C11H20N2O. The van der Waals surface area contributed by atoms with E-state index in [4.69, 9.17) is 5.73 Å². The van der Waals surface area contributed by atoms with Gasteiger partial charge in [0.2, 0.25) is 5.91 Å². The second-order valence-electron chi connectivity index (χ2n) is 4.67. The van der Waals surface area contributed by atoms with E-state index in [9.17, 15) is 4.79 Å². The van der Waals surface area contributed by atoms with Gasteiger partial charge in [0.1, 0.15) is 0 Å². The van der Waals surface area contributed by atoms with Crippen molar-refractivity contribution in [3.63, 3.8) is 0 Å². The monoisotopic (exact) mass is 196 g/mol. The van der Waals surface area contributed by atoms with Crippen LogP contribution in [0.15, 0.2) is 0 Å². The Bertz CT molecular complexity index is 205. The Morgan fingerprint density at radius 3 is 2.43 bits per heavy atom. The Balaban J connectivity index is 1.87. The van der Waals surface area contributed by atoms with Crippen molar-refractivity contribution in [1.29, 1.82) is 0 Å². The first kappa shape index (κ1) is 9.97. The van der Waals surface area contributed by atoms with Crippen LogP contribution in [0.1, 0.15) is 38.5 Å². The van der Waals surface area contributed by atoms with Crippen molar-refractivity contribution in [2.75, 3.05) is 13.1 Å². The van der Waals surface area contributed by atoms with Gasteiger partial charge in [-0.1, -0.05) is 19.3 Å². The molecule has 2 aliphatic rings. The summed E-state index contributed by atoms with van der Waals surface area (Å²) in [5.74, 6) is 0.687. The first-order valence-electron chi connectivity index (χ1n) is 5.82. The average molecular weight is 196 g/mol. The molecular weight excluding hydrogens is 176 g/mol. The maximum Gasteiger partial charge on any atom is 0.225 e. The molecule has 1 amide bonds. The minimum atomic E-state index is 0.225. The lowest BCUT2D eigenvalue weighted by Gasteiger charge is -2.26. The molecule has 2 rings (SSSR count). The van der Waals surface area contributed by atoms with Crippen LogP contribution < -0.4 is 5.73 Å². The number of hydrogen-bond donors (Lipinski definition) is 1. The largest absolute Gasteiger partial charge is 0.341 e. The van der Waals surface area contributed by atoms with Gasteiger partial charge in [-0.25, -0.2) is 0 Å². The third-order valence-corrected chi connectivity index (χ3v) is 3.49. The van der Waals surface area contributed by atoms with Crippen LogP contribution in [0.25, 0.3) is 0 Å². The first-order valence-corrected chi connectivity index (χ1v) is 5.82. The van der Waals surface area contributed by atoms with E-state index in [0.717, 1.165) is 32.4 Å². The van der Waals surface area contributed by atoms with Gasteiger partial charge in [0.15, 0.2) is 0 Å². The summed E-state index contributed by atoms with van der Waals surface area (Å²) < 4.78 is 0. The fourth-order valence-corrected chi connectivity index (χ4v) is 2.60. The highest BCUT2D eigenvalue weighted by atomic mass is 16.2. The van der Waals surface area contributed by atoms with Crippen LogP contribution in [0.5, 0.6) is 0 Å². The van der Waals surface area contributed by atoms with Crippen LogP contribution in [-0.4, -0.2) is 29.9 Å². The average Bonchev–Trinajstić information content (AvgIpc) is 2.65. The van der Waals surface area contributed by atoms with Crippen LogP contribution in [-0.2, 0) is 4.79 Å². The Hall–Kier alpha value is -0.570. The van der Waals surface area contributed by atoms with Gasteiger partial charge in [0, 0.05) is 25.0 Å². The molecule has 0 aromatic heterocycles. The maximum absolute atomic E-state index is 12.0. The van der Waals surface area contributed by atoms with Crippen molar-refractivity contribution in [2.45, 2.75) is 44.6 Å². The zero-order valence-corrected chi connectivity index (χ0v) is 8.74. The Labute approximate surface area is 85.6 Å². The molecule has 0 spiro atoms. The molecule has 1 saturated heterocycles. The van der Waals surface area contributed by atoms with Crippen molar-refractivity contribution in [3.8, 4) is 0 Å². The maximum atomic E-state index is 12.0. The highest BCUT2D eigenvalue weighted by molar-refractivity contribution is 5.79. The molecule has 0 radical (unpaired) electrons. The molecule has 0 aromatic carbocycles. The second kappa shape index (κ2) is 4.30. The fraction of sp³-hybridized carbons (Fsp3) is 0.909. The molecule has 1 heterocycles. The predicted molar refractivity (Wildman–Crippen MR) is 55.7 cm³/mol. The van der Waals surface area contributed by atoms with E-state index in [1.54, 1.807) is 0 Å². The molecule has 3 heteroatoms. The molecule has 2 N–H and O–H groups in total. The molecule has 0 aromatic rings. The van der Waals surface area contributed by atoms with Gasteiger partial charge in [-0.2, -0.15) is 0 Å². The smallest absolute Gasteiger partial charge is 0.225 e. The van der Waals surface area contributed by atoms with Gasteiger partial charge in [0.05, 0.1) is 0 Å². The summed E-state index contributed by atoms with van der Waals surface area (Å²) in [4.78, 5) is 14.0. The second-order valence-corrected chi connectivity index (χ2v) is 4.67. The van der Waals surface area contributed by atoms with E-state index in [1.807, 2.05) is 4.90 Å². The quantitative estimate of drug-likeness (QED) is 0.683. The van der Waals surface area contributed by atoms with Crippen LogP contribution in [0.2, 0.25) is 0 Å². The summed E-state index contributed by atoms with van der Waals surface area (Å²) in [7, 11) is 0. The number of carbonyl (C=O) groups excluding carboxylic acids is 1. The third kappa shape index (κ3) is 2.08. The number of rotatable bonds is 1. The van der Waals surface area contributed by atoms with Gasteiger partial charge < -0.3 is 10.6 Å². The van der Waals surface area contributed by atoms with Crippen molar-refractivity contribution >= 4 is 5.91 Å². The summed E-state index contributed by atoms with van der Waals surface area (Å²) in [5, 5.41) is 0. The number of hydrogen-bond acceptors (Lipinski definition) is 2. The molecule has 1 unspecified atom stereocenters. The van der Waals surface area contributed by atoms with Gasteiger partial charge >= 0.3 is 0 Å². The van der Waals surface area contributed by atoms with Crippen molar-refractivity contribution in [2.24, 2.45) is 11.7 Å². The number of nitrogens with zero attached hydrogens (tertiary/aromatic N) is 1. The summed E-state index contributed by atoms with van der Waals surface area (Å²) in [6, 6.07) is 0.225. The van der Waals surface area contributed by atoms with Crippen molar-refractivity contribution in [3.05, 3.63) is 0 Å². The molecule has 1 atom stereocenters. The lowest BCUT2D eigenvalue weighted by atomic mass is 9.88. The fourth-order valence-electron chi connectivity index (χ4n) is 2.60. The van der Waals surface area contributed by atoms with E-state index >= 15 is 0 Å². The number of amides is 1.